The van der Waals surface area contributed by atoms with Crippen LogP contribution in [0.5, 0.6) is 5.75 Å². The van der Waals surface area contributed by atoms with Crippen molar-refractivity contribution in [2.24, 2.45) is 0 Å². The van der Waals surface area contributed by atoms with E-state index in [1.165, 1.54) is 4.90 Å². The largest absolute Gasteiger partial charge is 0.507 e. The average molecular weight is 332 g/mol. The number of phenols is 1. The van der Waals surface area contributed by atoms with E-state index >= 15 is 0 Å². The molecule has 5 heteroatoms. The van der Waals surface area contributed by atoms with E-state index in [0.717, 1.165) is 22.9 Å². The number of hydrogen-bond donors (Lipinski definition) is 2. The van der Waals surface area contributed by atoms with Crippen LogP contribution in [0.25, 0.3) is 0 Å². The molecule has 124 valence electrons. The van der Waals surface area contributed by atoms with Gasteiger partial charge in [-0.1, -0.05) is 48.1 Å². The van der Waals surface area contributed by atoms with Crippen LogP contribution >= 0.6 is 11.8 Å². The molecule has 1 heterocycles. The van der Waals surface area contributed by atoms with Gasteiger partial charge < -0.3 is 5.11 Å². The first-order valence-corrected chi connectivity index (χ1v) is 8.33. The Morgan fingerprint density at radius 3 is 1.83 bits per heavy atom. The van der Waals surface area contributed by atoms with Gasteiger partial charge in [0.15, 0.2) is 5.17 Å². The lowest BCUT2D eigenvalue weighted by atomic mass is 9.79. The van der Waals surface area contributed by atoms with Crippen LogP contribution in [-0.2, 0) is 15.6 Å². The van der Waals surface area contributed by atoms with Gasteiger partial charge >= 0.3 is 0 Å². The average Bonchev–Trinajstić information content (AvgIpc) is 2.61. The number of thioether (sulfide) groups is 1. The molecule has 1 amide bonds. The summed E-state index contributed by atoms with van der Waals surface area (Å²) in [6.45, 7) is 15.8. The minimum Gasteiger partial charge on any atom is -0.507 e. The van der Waals surface area contributed by atoms with Crippen LogP contribution in [0.3, 0.4) is 0 Å². The molecule has 1 aromatic rings. The quantitative estimate of drug-likeness (QED) is 0.743. The Morgan fingerprint density at radius 2 is 1.52 bits per heavy atom. The highest BCUT2D eigenvalue weighted by Crippen LogP contribution is 2.43. The molecule has 1 aliphatic rings. The Balaban J connectivity index is 2.73. The second-order valence-corrected chi connectivity index (χ2v) is 8.94. The number of aromatic hydroxyl groups is 1. The van der Waals surface area contributed by atoms with Gasteiger partial charge in [-0.05, 0) is 34.7 Å². The Bertz CT molecular complexity index is 674. The number of amidine groups is 1. The minimum atomic E-state index is -0.283. The Morgan fingerprint density at radius 1 is 1.09 bits per heavy atom. The second-order valence-electron chi connectivity index (χ2n) is 7.86. The van der Waals surface area contributed by atoms with Crippen molar-refractivity contribution in [2.45, 2.75) is 52.4 Å². The van der Waals surface area contributed by atoms with Crippen molar-refractivity contribution in [3.63, 3.8) is 0 Å². The molecule has 0 spiro atoms. The van der Waals surface area contributed by atoms with E-state index in [9.17, 15) is 9.90 Å². The van der Waals surface area contributed by atoms with E-state index in [1.807, 2.05) is 41.5 Å². The second kappa shape index (κ2) is 5.41. The van der Waals surface area contributed by atoms with Crippen LogP contribution in [0, 0.1) is 5.41 Å². The molecular weight excluding hydrogens is 308 g/mol. The maximum absolute atomic E-state index is 12.3. The molecule has 0 unspecified atom stereocenters. The van der Waals surface area contributed by atoms with Crippen molar-refractivity contribution >= 4 is 28.5 Å². The fourth-order valence-corrected chi connectivity index (χ4v) is 3.24. The number of nitrogens with one attached hydrogen (secondary N) is 1. The van der Waals surface area contributed by atoms with Gasteiger partial charge in [-0.15, -0.1) is 0 Å². The van der Waals surface area contributed by atoms with Crippen molar-refractivity contribution in [3.05, 3.63) is 34.7 Å². The van der Waals surface area contributed by atoms with Crippen molar-refractivity contribution < 1.29 is 9.90 Å². The molecular formula is C18H24N2O2S. The molecule has 0 aromatic heterocycles. The lowest BCUT2D eigenvalue weighted by molar-refractivity contribution is -0.113. The highest BCUT2D eigenvalue weighted by Gasteiger charge is 2.35. The van der Waals surface area contributed by atoms with Gasteiger partial charge in [0, 0.05) is 11.1 Å². The molecule has 0 aliphatic carbocycles. The Kier molecular flexibility index (Phi) is 4.14. The number of carbonyl (C=O) groups excluding carboxylic acids is 1. The number of phenolic OH excluding ortho intramolecular Hbond substituents is 1. The summed E-state index contributed by atoms with van der Waals surface area (Å²) in [7, 11) is 0. The van der Waals surface area contributed by atoms with Crippen molar-refractivity contribution in [1.82, 2.24) is 0 Å². The molecule has 0 saturated carbocycles. The van der Waals surface area contributed by atoms with Gasteiger partial charge in [-0.2, -0.15) is 0 Å². The number of carbonyl (C=O) groups is 1. The molecule has 0 atom stereocenters. The molecule has 2 N–H and O–H groups in total. The summed E-state index contributed by atoms with van der Waals surface area (Å²) in [5, 5.41) is 18.9. The zero-order valence-corrected chi connectivity index (χ0v) is 15.4. The molecule has 1 aromatic carbocycles. The normalized spacial score (nSPS) is 16.4. The number of nitrogens with zero attached hydrogens (tertiary/aromatic N) is 1. The Hall–Kier alpha value is -1.75. The first kappa shape index (κ1) is 17.6. The predicted molar refractivity (Wildman–Crippen MR) is 97.5 cm³/mol. The SMILES string of the molecule is C=C1SC(=N)N(c2cc(C(C)(C)C)c(O)c(C(C)(C)C)c2)C1=O. The standard InChI is InChI=1S/C18H24N2O2S/c1-10-15(22)20(16(19)23-10)11-8-12(17(2,3)4)14(21)13(9-11)18(5,6)7/h8-9,19,21H,1H2,2-7H3. The number of anilines is 1. The fourth-order valence-electron chi connectivity index (χ4n) is 2.55. The Labute approximate surface area is 142 Å². The molecule has 23 heavy (non-hydrogen) atoms. The van der Waals surface area contributed by atoms with E-state index in [1.54, 1.807) is 12.1 Å². The topological polar surface area (TPSA) is 64.4 Å². The van der Waals surface area contributed by atoms with Crippen LogP contribution < -0.4 is 4.90 Å². The zero-order valence-electron chi connectivity index (χ0n) is 14.6. The summed E-state index contributed by atoms with van der Waals surface area (Å²) in [4.78, 5) is 14.0. The zero-order chi connectivity index (χ0) is 17.7. The maximum Gasteiger partial charge on any atom is 0.270 e. The van der Waals surface area contributed by atoms with E-state index < -0.39 is 0 Å². The number of benzene rings is 1. The summed E-state index contributed by atoms with van der Waals surface area (Å²) >= 11 is 1.07. The summed E-state index contributed by atoms with van der Waals surface area (Å²) in [6, 6.07) is 3.60. The van der Waals surface area contributed by atoms with E-state index in [2.05, 4.69) is 6.58 Å². The third-order valence-corrected chi connectivity index (χ3v) is 4.63. The molecule has 1 fully saturated rings. The van der Waals surface area contributed by atoms with Crippen molar-refractivity contribution in [3.8, 4) is 5.75 Å². The third kappa shape index (κ3) is 3.15. The van der Waals surface area contributed by atoms with Crippen LogP contribution in [0.15, 0.2) is 23.6 Å². The monoisotopic (exact) mass is 332 g/mol. The third-order valence-electron chi connectivity index (χ3n) is 3.83. The van der Waals surface area contributed by atoms with Crippen molar-refractivity contribution in [2.75, 3.05) is 4.90 Å². The van der Waals surface area contributed by atoms with Gasteiger partial charge in [0.05, 0.1) is 10.6 Å². The lowest BCUT2D eigenvalue weighted by Crippen LogP contribution is -2.29. The fraction of sp³-hybridized carbons (Fsp3) is 0.444. The molecule has 2 rings (SSSR count). The van der Waals surface area contributed by atoms with Crippen LogP contribution in [0.2, 0.25) is 0 Å². The van der Waals surface area contributed by atoms with Gasteiger partial charge in [0.1, 0.15) is 5.75 Å². The molecule has 0 radical (unpaired) electrons. The number of rotatable bonds is 1. The summed E-state index contributed by atoms with van der Waals surface area (Å²) in [5.41, 5.74) is 1.58. The van der Waals surface area contributed by atoms with Crippen LogP contribution in [0.4, 0.5) is 5.69 Å². The highest BCUT2D eigenvalue weighted by atomic mass is 32.2. The highest BCUT2D eigenvalue weighted by molar-refractivity contribution is 8.19. The minimum absolute atomic E-state index is 0.144. The van der Waals surface area contributed by atoms with Crippen LogP contribution in [-0.4, -0.2) is 16.2 Å². The van der Waals surface area contributed by atoms with Crippen molar-refractivity contribution in [1.29, 1.82) is 5.41 Å². The number of hydrogen-bond acceptors (Lipinski definition) is 4. The van der Waals surface area contributed by atoms with Gasteiger partial charge in [0.2, 0.25) is 0 Å². The smallest absolute Gasteiger partial charge is 0.270 e. The lowest BCUT2D eigenvalue weighted by Gasteiger charge is -2.29. The first-order valence-electron chi connectivity index (χ1n) is 7.52. The maximum atomic E-state index is 12.3. The predicted octanol–water partition coefficient (Wildman–Crippen LogP) is 4.52. The van der Waals surface area contributed by atoms with E-state index in [-0.39, 0.29) is 27.7 Å². The van der Waals surface area contributed by atoms with Gasteiger partial charge in [-0.25, -0.2) is 0 Å². The molecule has 4 nitrogen and oxygen atoms in total. The number of amides is 1. The van der Waals surface area contributed by atoms with E-state index in [0.29, 0.717) is 10.6 Å². The molecule has 1 saturated heterocycles. The first-order chi connectivity index (χ1) is 10.3. The van der Waals surface area contributed by atoms with Gasteiger partial charge in [0.25, 0.3) is 5.91 Å². The summed E-state index contributed by atoms with van der Waals surface area (Å²) in [5.74, 6) is -0.0104. The van der Waals surface area contributed by atoms with E-state index in [4.69, 9.17) is 5.41 Å². The molecule has 1 aliphatic heterocycles. The molecule has 0 bridgehead atoms. The summed E-state index contributed by atoms with van der Waals surface area (Å²) < 4.78 is 0. The van der Waals surface area contributed by atoms with Gasteiger partial charge in [-0.3, -0.25) is 15.1 Å². The van der Waals surface area contributed by atoms with Crippen LogP contribution in [0.1, 0.15) is 52.7 Å². The summed E-state index contributed by atoms with van der Waals surface area (Å²) in [6.07, 6.45) is 0.